The second-order valence-electron chi connectivity index (χ2n) is 3.72. The van der Waals surface area contributed by atoms with Gasteiger partial charge in [0.05, 0.1) is 15.5 Å². The van der Waals surface area contributed by atoms with Crippen LogP contribution in [0, 0.1) is 10.6 Å². The van der Waals surface area contributed by atoms with E-state index in [9.17, 15) is 4.39 Å². The third-order valence-electron chi connectivity index (χ3n) is 2.55. The summed E-state index contributed by atoms with van der Waals surface area (Å²) >= 11 is 8.41. The van der Waals surface area contributed by atoms with Crippen LogP contribution in [0.2, 0.25) is 0 Å². The van der Waals surface area contributed by atoms with Crippen LogP contribution in [0.3, 0.4) is 0 Å². The number of halogens is 2. The number of unbranched alkanes of at least 4 members (excludes halogenated alkanes) is 1. The summed E-state index contributed by atoms with van der Waals surface area (Å²) in [4.78, 5) is 3.02. The van der Waals surface area contributed by atoms with E-state index in [0.29, 0.717) is 9.24 Å². The first-order chi connectivity index (χ1) is 7.63. The van der Waals surface area contributed by atoms with Crippen molar-refractivity contribution in [2.45, 2.75) is 26.3 Å². The number of hydrogen-bond acceptors (Lipinski definition) is 1. The number of aromatic nitrogens is 2. The molecule has 5 heteroatoms. The Bertz CT molecular complexity index is 573. The highest BCUT2D eigenvalue weighted by atomic mass is 79.9. The number of rotatable bonds is 3. The standard InChI is InChI=1S/C11H12BrFN2S/c1-2-3-4-15-10-5-7(12)8(13)6-9(10)14-11(15)16/h5-6H,2-4H2,1H3,(H,14,16). The van der Waals surface area contributed by atoms with Crippen LogP contribution in [0.5, 0.6) is 0 Å². The molecular weight excluding hydrogens is 291 g/mol. The van der Waals surface area contributed by atoms with Crippen LogP contribution in [0.25, 0.3) is 11.0 Å². The number of benzene rings is 1. The van der Waals surface area contributed by atoms with Gasteiger partial charge >= 0.3 is 0 Å². The van der Waals surface area contributed by atoms with Gasteiger partial charge in [0.2, 0.25) is 0 Å². The second kappa shape index (κ2) is 4.67. The lowest BCUT2D eigenvalue weighted by Crippen LogP contribution is -1.97. The van der Waals surface area contributed by atoms with Crippen LogP contribution in [-0.4, -0.2) is 9.55 Å². The Morgan fingerprint density at radius 1 is 1.50 bits per heavy atom. The van der Waals surface area contributed by atoms with Crippen molar-refractivity contribution in [1.29, 1.82) is 0 Å². The van der Waals surface area contributed by atoms with Crippen LogP contribution >= 0.6 is 28.1 Å². The van der Waals surface area contributed by atoms with Crippen molar-refractivity contribution >= 4 is 39.2 Å². The number of fused-ring (bicyclic) bond motifs is 1. The van der Waals surface area contributed by atoms with Crippen molar-refractivity contribution in [1.82, 2.24) is 9.55 Å². The summed E-state index contributed by atoms with van der Waals surface area (Å²) in [6, 6.07) is 3.24. The average molecular weight is 303 g/mol. The molecular formula is C11H12BrFN2S. The summed E-state index contributed by atoms with van der Waals surface area (Å²) < 4.78 is 16.5. The lowest BCUT2D eigenvalue weighted by atomic mass is 10.3. The molecule has 0 aliphatic carbocycles. The Morgan fingerprint density at radius 2 is 2.25 bits per heavy atom. The molecule has 0 saturated carbocycles. The molecule has 1 aromatic carbocycles. The second-order valence-corrected chi connectivity index (χ2v) is 4.96. The molecule has 0 amide bonds. The van der Waals surface area contributed by atoms with Crippen LogP contribution in [0.4, 0.5) is 4.39 Å². The van der Waals surface area contributed by atoms with Gasteiger partial charge in [-0.05, 0) is 40.6 Å². The first kappa shape index (κ1) is 11.8. The van der Waals surface area contributed by atoms with Crippen molar-refractivity contribution in [3.05, 3.63) is 27.2 Å². The van der Waals surface area contributed by atoms with Gasteiger partial charge in [-0.1, -0.05) is 13.3 Å². The quantitative estimate of drug-likeness (QED) is 0.833. The molecule has 2 nitrogen and oxygen atoms in total. The van der Waals surface area contributed by atoms with E-state index in [0.717, 1.165) is 30.4 Å². The molecule has 16 heavy (non-hydrogen) atoms. The normalized spacial score (nSPS) is 11.2. The highest BCUT2D eigenvalue weighted by Gasteiger charge is 2.08. The molecule has 1 heterocycles. The van der Waals surface area contributed by atoms with E-state index in [1.165, 1.54) is 6.07 Å². The SMILES string of the molecule is CCCCn1c(=S)[nH]c2cc(F)c(Br)cc21. The molecule has 0 saturated heterocycles. The van der Waals surface area contributed by atoms with Crippen LogP contribution < -0.4 is 0 Å². The zero-order valence-electron chi connectivity index (χ0n) is 8.89. The molecule has 0 unspecified atom stereocenters. The van der Waals surface area contributed by atoms with Gasteiger partial charge in [0.25, 0.3) is 0 Å². The van der Waals surface area contributed by atoms with E-state index < -0.39 is 0 Å². The van der Waals surface area contributed by atoms with Crippen molar-refractivity contribution in [3.63, 3.8) is 0 Å². The molecule has 0 fully saturated rings. The summed E-state index contributed by atoms with van der Waals surface area (Å²) in [6.45, 7) is 3.00. The molecule has 0 bridgehead atoms. The number of hydrogen-bond donors (Lipinski definition) is 1. The first-order valence-corrected chi connectivity index (χ1v) is 6.41. The van der Waals surface area contributed by atoms with Gasteiger partial charge in [-0.2, -0.15) is 0 Å². The zero-order valence-corrected chi connectivity index (χ0v) is 11.3. The average Bonchev–Trinajstić information content (AvgIpc) is 2.52. The Labute approximate surface area is 107 Å². The Morgan fingerprint density at radius 3 is 2.94 bits per heavy atom. The van der Waals surface area contributed by atoms with Gasteiger partial charge in [-0.25, -0.2) is 4.39 Å². The third kappa shape index (κ3) is 2.06. The van der Waals surface area contributed by atoms with Gasteiger partial charge < -0.3 is 9.55 Å². The van der Waals surface area contributed by atoms with Gasteiger partial charge in [0.15, 0.2) is 4.77 Å². The molecule has 0 aliphatic heterocycles. The summed E-state index contributed by atoms with van der Waals surface area (Å²) in [7, 11) is 0. The summed E-state index contributed by atoms with van der Waals surface area (Å²) in [6.07, 6.45) is 2.17. The molecule has 1 N–H and O–H groups in total. The number of aromatic amines is 1. The van der Waals surface area contributed by atoms with Gasteiger partial charge in [-0.15, -0.1) is 0 Å². The van der Waals surface area contributed by atoms with E-state index in [4.69, 9.17) is 12.2 Å². The number of nitrogens with zero attached hydrogens (tertiary/aromatic N) is 1. The maximum absolute atomic E-state index is 13.3. The zero-order chi connectivity index (χ0) is 11.7. The fourth-order valence-corrected chi connectivity index (χ4v) is 2.32. The minimum absolute atomic E-state index is 0.272. The number of imidazole rings is 1. The van der Waals surface area contributed by atoms with Crippen molar-refractivity contribution in [2.24, 2.45) is 0 Å². The molecule has 0 aliphatic rings. The van der Waals surface area contributed by atoms with Gasteiger partial charge in [-0.3, -0.25) is 0 Å². The number of aryl methyl sites for hydroxylation is 1. The van der Waals surface area contributed by atoms with Gasteiger partial charge in [0.1, 0.15) is 5.82 Å². The predicted molar refractivity (Wildman–Crippen MR) is 69.7 cm³/mol. The van der Waals surface area contributed by atoms with Gasteiger partial charge in [0, 0.05) is 12.6 Å². The van der Waals surface area contributed by atoms with E-state index in [1.807, 2.05) is 4.57 Å². The molecule has 2 rings (SSSR count). The van der Waals surface area contributed by atoms with Crippen LogP contribution in [0.1, 0.15) is 19.8 Å². The Kier molecular flexibility index (Phi) is 3.44. The predicted octanol–water partition coefficient (Wildman–Crippen LogP) is 4.40. The molecule has 0 spiro atoms. The minimum Gasteiger partial charge on any atom is -0.330 e. The van der Waals surface area contributed by atoms with Crippen molar-refractivity contribution in [2.75, 3.05) is 0 Å². The number of H-pyrrole nitrogens is 1. The fraction of sp³-hybridized carbons (Fsp3) is 0.364. The Hall–Kier alpha value is -0.680. The topological polar surface area (TPSA) is 20.7 Å². The largest absolute Gasteiger partial charge is 0.330 e. The Balaban J connectivity index is 2.60. The lowest BCUT2D eigenvalue weighted by molar-refractivity contribution is 0.621. The summed E-state index contributed by atoms with van der Waals surface area (Å²) in [5.74, 6) is -0.272. The van der Waals surface area contributed by atoms with Crippen molar-refractivity contribution < 1.29 is 4.39 Å². The van der Waals surface area contributed by atoms with Crippen LogP contribution in [-0.2, 0) is 6.54 Å². The highest BCUT2D eigenvalue weighted by molar-refractivity contribution is 9.10. The first-order valence-electron chi connectivity index (χ1n) is 5.21. The minimum atomic E-state index is -0.272. The highest BCUT2D eigenvalue weighted by Crippen LogP contribution is 2.23. The van der Waals surface area contributed by atoms with Crippen molar-refractivity contribution in [3.8, 4) is 0 Å². The summed E-state index contributed by atoms with van der Waals surface area (Å²) in [5.41, 5.74) is 1.70. The molecule has 2 aromatic rings. The number of nitrogens with one attached hydrogen (secondary N) is 1. The smallest absolute Gasteiger partial charge is 0.178 e. The van der Waals surface area contributed by atoms with E-state index in [1.54, 1.807) is 6.07 Å². The fourth-order valence-electron chi connectivity index (χ4n) is 1.69. The van der Waals surface area contributed by atoms with E-state index in [2.05, 4.69) is 27.8 Å². The summed E-state index contributed by atoms with van der Waals surface area (Å²) in [5, 5.41) is 0. The maximum Gasteiger partial charge on any atom is 0.178 e. The molecule has 0 atom stereocenters. The van der Waals surface area contributed by atoms with E-state index in [-0.39, 0.29) is 5.82 Å². The maximum atomic E-state index is 13.3. The molecule has 86 valence electrons. The molecule has 0 radical (unpaired) electrons. The van der Waals surface area contributed by atoms with E-state index >= 15 is 0 Å². The molecule has 1 aromatic heterocycles. The monoisotopic (exact) mass is 302 g/mol. The van der Waals surface area contributed by atoms with Crippen LogP contribution in [0.15, 0.2) is 16.6 Å². The lowest BCUT2D eigenvalue weighted by Gasteiger charge is -2.03. The third-order valence-corrected chi connectivity index (χ3v) is 3.48.